The number of benzene rings is 2. The molecule has 0 saturated carbocycles. The fourth-order valence-corrected chi connectivity index (χ4v) is 2.90. The third kappa shape index (κ3) is 6.46. The van der Waals surface area contributed by atoms with Crippen molar-refractivity contribution in [2.24, 2.45) is 0 Å². The maximum absolute atomic E-state index is 11.7. The maximum Gasteiger partial charge on any atom is 0.226 e. The summed E-state index contributed by atoms with van der Waals surface area (Å²) < 4.78 is 1.05. The third-order valence-corrected chi connectivity index (χ3v) is 4.46. The predicted molar refractivity (Wildman–Crippen MR) is 96.6 cm³/mol. The van der Waals surface area contributed by atoms with Gasteiger partial charge in [-0.3, -0.25) is 9.59 Å². The fraction of sp³-hybridized carbons (Fsp3) is 0.176. The highest BCUT2D eigenvalue weighted by molar-refractivity contribution is 9.10. The van der Waals surface area contributed by atoms with Crippen LogP contribution in [0.1, 0.15) is 13.3 Å². The molecule has 0 aromatic heterocycles. The number of anilines is 1. The molecule has 6 heteroatoms. The van der Waals surface area contributed by atoms with Gasteiger partial charge in [0.05, 0.1) is 0 Å². The van der Waals surface area contributed by atoms with E-state index in [2.05, 4.69) is 26.6 Å². The number of amides is 2. The minimum Gasteiger partial charge on any atom is -0.356 e. The summed E-state index contributed by atoms with van der Waals surface area (Å²) in [7, 11) is 0. The summed E-state index contributed by atoms with van der Waals surface area (Å²) in [6.45, 7) is 1.78. The van der Waals surface area contributed by atoms with Gasteiger partial charge in [0, 0.05) is 39.8 Å². The Bertz CT molecular complexity index is 672. The number of hydrogen-bond donors (Lipinski definition) is 2. The quantitative estimate of drug-likeness (QED) is 0.778. The number of carbonyl (C=O) groups is 2. The minimum absolute atomic E-state index is 0.118. The lowest BCUT2D eigenvalue weighted by Crippen LogP contribution is -2.25. The predicted octanol–water partition coefficient (Wildman–Crippen LogP) is 4.07. The van der Waals surface area contributed by atoms with E-state index in [9.17, 15) is 9.59 Å². The summed E-state index contributed by atoms with van der Waals surface area (Å²) in [5.41, 5.74) is 0.748. The van der Waals surface area contributed by atoms with Gasteiger partial charge in [-0.15, -0.1) is 0 Å². The zero-order chi connectivity index (χ0) is 16.7. The molecule has 0 atom stereocenters. The molecule has 0 spiro atoms. The van der Waals surface area contributed by atoms with Crippen LogP contribution in [0.2, 0.25) is 0 Å². The number of halogens is 1. The van der Waals surface area contributed by atoms with Crippen LogP contribution in [0.5, 0.6) is 0 Å². The van der Waals surface area contributed by atoms with Crippen LogP contribution in [0.4, 0.5) is 5.69 Å². The molecular weight excluding hydrogens is 376 g/mol. The van der Waals surface area contributed by atoms with Gasteiger partial charge in [0.2, 0.25) is 11.8 Å². The number of rotatable bonds is 6. The molecule has 2 N–H and O–H groups in total. The fourth-order valence-electron chi connectivity index (χ4n) is 1.82. The molecule has 0 bridgehead atoms. The smallest absolute Gasteiger partial charge is 0.226 e. The standard InChI is InChI=1S/C17H17BrN2O2S/c1-12(21)19-11-10-17(22)20-14-4-8-16(9-5-14)23-15-6-2-13(18)3-7-15/h2-9H,10-11H2,1H3,(H,19,21)(H,20,22). The second-order valence-electron chi connectivity index (χ2n) is 4.86. The molecule has 0 unspecified atom stereocenters. The van der Waals surface area contributed by atoms with Crippen molar-refractivity contribution >= 4 is 45.2 Å². The molecule has 2 aromatic carbocycles. The van der Waals surface area contributed by atoms with Gasteiger partial charge >= 0.3 is 0 Å². The van der Waals surface area contributed by atoms with Gasteiger partial charge in [-0.05, 0) is 48.5 Å². The van der Waals surface area contributed by atoms with Gasteiger partial charge in [-0.2, -0.15) is 0 Å². The van der Waals surface area contributed by atoms with Crippen LogP contribution < -0.4 is 10.6 Å². The Labute approximate surface area is 148 Å². The molecule has 0 saturated heterocycles. The highest BCUT2D eigenvalue weighted by Crippen LogP contribution is 2.29. The third-order valence-electron chi connectivity index (χ3n) is 2.91. The van der Waals surface area contributed by atoms with Crippen molar-refractivity contribution in [3.63, 3.8) is 0 Å². The zero-order valence-corrected chi connectivity index (χ0v) is 15.0. The van der Waals surface area contributed by atoms with Crippen molar-refractivity contribution in [3.8, 4) is 0 Å². The van der Waals surface area contributed by atoms with E-state index in [4.69, 9.17) is 0 Å². The highest BCUT2D eigenvalue weighted by Gasteiger charge is 2.03. The van der Waals surface area contributed by atoms with E-state index < -0.39 is 0 Å². The number of carbonyl (C=O) groups excluding carboxylic acids is 2. The molecule has 0 aliphatic rings. The molecule has 0 heterocycles. The van der Waals surface area contributed by atoms with Crippen LogP contribution in [-0.4, -0.2) is 18.4 Å². The monoisotopic (exact) mass is 392 g/mol. The van der Waals surface area contributed by atoms with Gasteiger partial charge in [-0.1, -0.05) is 27.7 Å². The van der Waals surface area contributed by atoms with Gasteiger partial charge in [-0.25, -0.2) is 0 Å². The molecule has 2 amide bonds. The van der Waals surface area contributed by atoms with Crippen LogP contribution in [-0.2, 0) is 9.59 Å². The Morgan fingerprint density at radius 1 is 1.00 bits per heavy atom. The average Bonchev–Trinajstić information content (AvgIpc) is 2.51. The van der Waals surface area contributed by atoms with Gasteiger partial charge in [0.25, 0.3) is 0 Å². The van der Waals surface area contributed by atoms with E-state index in [1.54, 1.807) is 11.8 Å². The highest BCUT2D eigenvalue weighted by atomic mass is 79.9. The van der Waals surface area contributed by atoms with Crippen LogP contribution in [0.25, 0.3) is 0 Å². The molecule has 4 nitrogen and oxygen atoms in total. The zero-order valence-electron chi connectivity index (χ0n) is 12.6. The van der Waals surface area contributed by atoms with Crippen molar-refractivity contribution in [1.82, 2.24) is 5.32 Å². The van der Waals surface area contributed by atoms with Crippen molar-refractivity contribution in [2.45, 2.75) is 23.1 Å². The first-order valence-corrected chi connectivity index (χ1v) is 8.71. The Morgan fingerprint density at radius 3 is 2.13 bits per heavy atom. The second kappa shape index (κ2) is 8.74. The average molecular weight is 393 g/mol. The molecule has 0 radical (unpaired) electrons. The first kappa shape index (κ1) is 17.6. The Kier molecular flexibility index (Phi) is 6.67. The van der Waals surface area contributed by atoms with Crippen LogP contribution in [0.3, 0.4) is 0 Å². The van der Waals surface area contributed by atoms with Gasteiger partial charge < -0.3 is 10.6 Å². The van der Waals surface area contributed by atoms with Gasteiger partial charge in [0.1, 0.15) is 0 Å². The Hall–Kier alpha value is -1.79. The summed E-state index contributed by atoms with van der Waals surface area (Å²) in [5.74, 6) is -0.251. The van der Waals surface area contributed by atoms with E-state index >= 15 is 0 Å². The SMILES string of the molecule is CC(=O)NCCC(=O)Nc1ccc(Sc2ccc(Br)cc2)cc1. The summed E-state index contributed by atoms with van der Waals surface area (Å²) in [4.78, 5) is 24.7. The molecule has 0 aliphatic heterocycles. The van der Waals surface area contributed by atoms with Crippen molar-refractivity contribution < 1.29 is 9.59 Å². The van der Waals surface area contributed by atoms with Gasteiger partial charge in [0.15, 0.2) is 0 Å². The van der Waals surface area contributed by atoms with Crippen LogP contribution in [0, 0.1) is 0 Å². The minimum atomic E-state index is -0.132. The number of hydrogen-bond acceptors (Lipinski definition) is 3. The molecule has 120 valence electrons. The lowest BCUT2D eigenvalue weighted by Gasteiger charge is -2.07. The normalized spacial score (nSPS) is 10.2. The van der Waals surface area contributed by atoms with E-state index in [0.717, 1.165) is 20.0 Å². The lowest BCUT2D eigenvalue weighted by atomic mass is 10.3. The summed E-state index contributed by atoms with van der Waals surface area (Å²) >= 11 is 5.08. The largest absolute Gasteiger partial charge is 0.356 e. The molecule has 2 aromatic rings. The second-order valence-corrected chi connectivity index (χ2v) is 6.92. The molecule has 23 heavy (non-hydrogen) atoms. The number of nitrogens with one attached hydrogen (secondary N) is 2. The van der Waals surface area contributed by atoms with E-state index in [0.29, 0.717) is 6.54 Å². The first-order valence-electron chi connectivity index (χ1n) is 7.11. The topological polar surface area (TPSA) is 58.2 Å². The molecule has 0 fully saturated rings. The van der Waals surface area contributed by atoms with Crippen LogP contribution in [0.15, 0.2) is 62.8 Å². The van der Waals surface area contributed by atoms with Crippen molar-refractivity contribution in [2.75, 3.05) is 11.9 Å². The van der Waals surface area contributed by atoms with Crippen LogP contribution >= 0.6 is 27.7 Å². The Morgan fingerprint density at radius 2 is 1.57 bits per heavy atom. The summed E-state index contributed by atoms with van der Waals surface area (Å²) in [6, 6.07) is 15.8. The summed E-state index contributed by atoms with van der Waals surface area (Å²) in [5, 5.41) is 5.40. The van der Waals surface area contributed by atoms with E-state index in [1.165, 1.54) is 6.92 Å². The lowest BCUT2D eigenvalue weighted by molar-refractivity contribution is -0.119. The molecule has 0 aliphatic carbocycles. The maximum atomic E-state index is 11.7. The van der Waals surface area contributed by atoms with E-state index in [-0.39, 0.29) is 18.2 Å². The van der Waals surface area contributed by atoms with Crippen molar-refractivity contribution in [3.05, 3.63) is 53.0 Å². The first-order chi connectivity index (χ1) is 11.0. The molecular formula is C17H17BrN2O2S. The van der Waals surface area contributed by atoms with E-state index in [1.807, 2.05) is 48.5 Å². The Balaban J connectivity index is 1.85. The van der Waals surface area contributed by atoms with Crippen molar-refractivity contribution in [1.29, 1.82) is 0 Å². The molecule has 2 rings (SSSR count). The summed E-state index contributed by atoms with van der Waals surface area (Å²) in [6.07, 6.45) is 0.259.